The van der Waals surface area contributed by atoms with Crippen molar-refractivity contribution in [3.63, 3.8) is 0 Å². The lowest BCUT2D eigenvalue weighted by Crippen LogP contribution is -2.25. The van der Waals surface area contributed by atoms with Crippen LogP contribution in [0, 0.1) is 24.4 Å². The SMILES string of the molecule is Cc1nc(SCc2cc(F)ccc2F)n(C)c(=O)c1Cc1cccc(F)c1. The summed E-state index contributed by atoms with van der Waals surface area (Å²) in [6, 6.07) is 9.33. The number of hydrogen-bond donors (Lipinski definition) is 0. The number of benzene rings is 2. The third-order valence-electron chi connectivity index (χ3n) is 4.18. The molecule has 1 aromatic heterocycles. The third kappa shape index (κ3) is 4.42. The molecule has 3 rings (SSSR count). The normalized spacial score (nSPS) is 11.0. The average Bonchev–Trinajstić information content (AvgIpc) is 2.63. The number of thioether (sulfide) groups is 1. The van der Waals surface area contributed by atoms with Gasteiger partial charge < -0.3 is 0 Å². The Labute approximate surface area is 158 Å². The molecule has 27 heavy (non-hydrogen) atoms. The maximum absolute atomic E-state index is 13.8. The van der Waals surface area contributed by atoms with Crippen LogP contribution in [0.2, 0.25) is 0 Å². The van der Waals surface area contributed by atoms with Crippen LogP contribution in [-0.2, 0) is 19.2 Å². The van der Waals surface area contributed by atoms with Crippen LogP contribution in [0.4, 0.5) is 13.2 Å². The van der Waals surface area contributed by atoms with E-state index in [0.717, 1.165) is 30.0 Å². The first-order valence-corrected chi connectivity index (χ1v) is 9.21. The van der Waals surface area contributed by atoms with Gasteiger partial charge in [-0.2, -0.15) is 0 Å². The summed E-state index contributed by atoms with van der Waals surface area (Å²) in [6.07, 6.45) is 0.271. The molecule has 3 nitrogen and oxygen atoms in total. The summed E-state index contributed by atoms with van der Waals surface area (Å²) in [6.45, 7) is 1.71. The first kappa shape index (κ1) is 19.2. The van der Waals surface area contributed by atoms with Crippen LogP contribution in [0.1, 0.15) is 22.4 Å². The molecule has 0 atom stereocenters. The van der Waals surface area contributed by atoms with Crippen molar-refractivity contribution in [2.45, 2.75) is 24.3 Å². The van der Waals surface area contributed by atoms with Crippen molar-refractivity contribution in [3.05, 3.63) is 92.7 Å². The zero-order valence-electron chi connectivity index (χ0n) is 14.8. The smallest absolute Gasteiger partial charge is 0.257 e. The summed E-state index contributed by atoms with van der Waals surface area (Å²) in [5, 5.41) is 0.407. The van der Waals surface area contributed by atoms with Gasteiger partial charge in [-0.15, -0.1) is 0 Å². The Bertz CT molecular complexity index is 1050. The topological polar surface area (TPSA) is 34.9 Å². The molecule has 0 saturated carbocycles. The molecule has 0 saturated heterocycles. The van der Waals surface area contributed by atoms with Crippen LogP contribution in [0.25, 0.3) is 0 Å². The number of nitrogens with zero attached hydrogens (tertiary/aromatic N) is 2. The fraction of sp³-hybridized carbons (Fsp3) is 0.200. The average molecular weight is 390 g/mol. The molecule has 0 aliphatic carbocycles. The zero-order chi connectivity index (χ0) is 19.6. The van der Waals surface area contributed by atoms with Gasteiger partial charge in [0.15, 0.2) is 5.16 Å². The van der Waals surface area contributed by atoms with Gasteiger partial charge in [-0.1, -0.05) is 23.9 Å². The number of aromatic nitrogens is 2. The van der Waals surface area contributed by atoms with E-state index >= 15 is 0 Å². The third-order valence-corrected chi connectivity index (χ3v) is 5.26. The van der Waals surface area contributed by atoms with Crippen molar-refractivity contribution in [2.75, 3.05) is 0 Å². The molecule has 3 aromatic rings. The molecule has 0 radical (unpaired) electrons. The van der Waals surface area contributed by atoms with Crippen molar-refractivity contribution < 1.29 is 13.2 Å². The summed E-state index contributed by atoms with van der Waals surface area (Å²) < 4.78 is 41.8. The Morgan fingerprint density at radius 1 is 1.07 bits per heavy atom. The lowest BCUT2D eigenvalue weighted by Gasteiger charge is -2.12. The van der Waals surface area contributed by atoms with Crippen molar-refractivity contribution in [3.8, 4) is 0 Å². The van der Waals surface area contributed by atoms with Crippen LogP contribution in [-0.4, -0.2) is 9.55 Å². The Kier molecular flexibility index (Phi) is 5.70. The van der Waals surface area contributed by atoms with Gasteiger partial charge >= 0.3 is 0 Å². The number of aryl methyl sites for hydroxylation is 1. The predicted octanol–water partition coefficient (Wildman–Crippen LogP) is 4.39. The molecule has 0 unspecified atom stereocenters. The quantitative estimate of drug-likeness (QED) is 0.479. The molecule has 0 aliphatic rings. The molecule has 0 fully saturated rings. The van der Waals surface area contributed by atoms with Crippen LogP contribution < -0.4 is 5.56 Å². The summed E-state index contributed by atoms with van der Waals surface area (Å²) >= 11 is 1.15. The number of rotatable bonds is 5. The molecule has 0 N–H and O–H groups in total. The van der Waals surface area contributed by atoms with E-state index in [1.165, 1.54) is 16.7 Å². The largest absolute Gasteiger partial charge is 0.291 e. The van der Waals surface area contributed by atoms with Gasteiger partial charge in [-0.05, 0) is 42.8 Å². The molecular weight excluding hydrogens is 373 g/mol. The number of halogens is 3. The van der Waals surface area contributed by atoms with Crippen molar-refractivity contribution in [1.29, 1.82) is 0 Å². The van der Waals surface area contributed by atoms with E-state index in [2.05, 4.69) is 4.98 Å². The molecule has 0 aliphatic heterocycles. The molecule has 7 heteroatoms. The van der Waals surface area contributed by atoms with E-state index in [9.17, 15) is 18.0 Å². The Morgan fingerprint density at radius 2 is 1.81 bits per heavy atom. The minimum atomic E-state index is -0.518. The van der Waals surface area contributed by atoms with Gasteiger partial charge in [-0.3, -0.25) is 9.36 Å². The minimum absolute atomic E-state index is 0.145. The van der Waals surface area contributed by atoms with E-state index < -0.39 is 11.6 Å². The van der Waals surface area contributed by atoms with Gasteiger partial charge in [0.05, 0.1) is 0 Å². The second-order valence-corrected chi connectivity index (χ2v) is 7.10. The van der Waals surface area contributed by atoms with Gasteiger partial charge in [0.2, 0.25) is 0 Å². The summed E-state index contributed by atoms with van der Waals surface area (Å²) in [4.78, 5) is 17.1. The predicted molar refractivity (Wildman–Crippen MR) is 99.3 cm³/mol. The highest BCUT2D eigenvalue weighted by atomic mass is 32.2. The Hall–Kier alpha value is -2.54. The molecule has 0 spiro atoms. The summed E-state index contributed by atoms with van der Waals surface area (Å²) in [5.74, 6) is -1.24. The summed E-state index contributed by atoms with van der Waals surface area (Å²) in [7, 11) is 1.58. The first-order chi connectivity index (χ1) is 12.8. The molecule has 0 amide bonds. The van der Waals surface area contributed by atoms with E-state index in [0.29, 0.717) is 22.0 Å². The highest BCUT2D eigenvalue weighted by Gasteiger charge is 2.14. The summed E-state index contributed by atoms with van der Waals surface area (Å²) in [5.41, 5.74) is 1.65. The molecule has 140 valence electrons. The fourth-order valence-electron chi connectivity index (χ4n) is 2.71. The van der Waals surface area contributed by atoms with Crippen LogP contribution in [0.5, 0.6) is 0 Å². The van der Waals surface area contributed by atoms with E-state index in [4.69, 9.17) is 0 Å². The minimum Gasteiger partial charge on any atom is -0.291 e. The molecule has 1 heterocycles. The molecular formula is C20H17F3N2OS. The maximum atomic E-state index is 13.8. The molecule has 2 aromatic carbocycles. The van der Waals surface area contributed by atoms with Gasteiger partial charge in [0.25, 0.3) is 5.56 Å². The van der Waals surface area contributed by atoms with Crippen molar-refractivity contribution >= 4 is 11.8 Å². The first-order valence-electron chi connectivity index (χ1n) is 8.23. The van der Waals surface area contributed by atoms with Gasteiger partial charge in [0.1, 0.15) is 17.5 Å². The van der Waals surface area contributed by atoms with Crippen molar-refractivity contribution in [1.82, 2.24) is 9.55 Å². The monoisotopic (exact) mass is 390 g/mol. The van der Waals surface area contributed by atoms with Crippen LogP contribution in [0.3, 0.4) is 0 Å². The van der Waals surface area contributed by atoms with Gasteiger partial charge in [0, 0.05) is 36.0 Å². The van der Waals surface area contributed by atoms with Crippen LogP contribution in [0.15, 0.2) is 52.4 Å². The van der Waals surface area contributed by atoms with Crippen LogP contribution >= 0.6 is 11.8 Å². The highest BCUT2D eigenvalue weighted by molar-refractivity contribution is 7.98. The lowest BCUT2D eigenvalue weighted by molar-refractivity contribution is 0.591. The van der Waals surface area contributed by atoms with E-state index in [1.54, 1.807) is 26.1 Å². The second kappa shape index (κ2) is 8.00. The van der Waals surface area contributed by atoms with E-state index in [1.807, 2.05) is 0 Å². The molecule has 0 bridgehead atoms. The van der Waals surface area contributed by atoms with Gasteiger partial charge in [-0.25, -0.2) is 18.2 Å². The Balaban J connectivity index is 1.86. The fourth-order valence-corrected chi connectivity index (χ4v) is 3.69. The lowest BCUT2D eigenvalue weighted by atomic mass is 10.1. The standard InChI is InChI=1S/C20H17F3N2OS/c1-12-17(9-13-4-3-5-15(21)8-13)19(26)25(2)20(24-12)27-11-14-10-16(22)6-7-18(14)23/h3-8,10H,9,11H2,1-2H3. The zero-order valence-corrected chi connectivity index (χ0v) is 15.6. The maximum Gasteiger partial charge on any atom is 0.257 e. The highest BCUT2D eigenvalue weighted by Crippen LogP contribution is 2.23. The number of hydrogen-bond acceptors (Lipinski definition) is 3. The second-order valence-electron chi connectivity index (χ2n) is 6.15. The van der Waals surface area contributed by atoms with Crippen molar-refractivity contribution in [2.24, 2.45) is 7.05 Å². The Morgan fingerprint density at radius 3 is 2.56 bits per heavy atom. The van der Waals surface area contributed by atoms with E-state index in [-0.39, 0.29) is 29.1 Å².